The smallest absolute Gasteiger partial charge is 0.0578 e. The van der Waals surface area contributed by atoms with Gasteiger partial charge in [0.05, 0.1) is 6.54 Å². The van der Waals surface area contributed by atoms with Gasteiger partial charge < -0.3 is 5.32 Å². The lowest BCUT2D eigenvalue weighted by Crippen LogP contribution is -2.28. The molecule has 0 amide bonds. The molecule has 1 heteroatoms. The highest BCUT2D eigenvalue weighted by molar-refractivity contribution is 4.98. The molecule has 0 unspecified atom stereocenters. The van der Waals surface area contributed by atoms with Crippen molar-refractivity contribution in [1.82, 2.24) is 5.32 Å². The molecule has 0 spiro atoms. The number of rotatable bonds is 6. The summed E-state index contributed by atoms with van der Waals surface area (Å²) < 4.78 is 0. The van der Waals surface area contributed by atoms with Crippen LogP contribution in [0.15, 0.2) is 25.3 Å². The van der Waals surface area contributed by atoms with Crippen molar-refractivity contribution >= 4 is 0 Å². The van der Waals surface area contributed by atoms with Crippen molar-refractivity contribution in [2.24, 2.45) is 0 Å². The van der Waals surface area contributed by atoms with E-state index in [9.17, 15) is 0 Å². The summed E-state index contributed by atoms with van der Waals surface area (Å²) in [5.74, 6) is 5.81. The molecule has 0 rings (SSSR count). The maximum Gasteiger partial charge on any atom is 0.0578 e. The minimum Gasteiger partial charge on any atom is -0.303 e. The molecule has 1 N–H and O–H groups in total. The van der Waals surface area contributed by atoms with Crippen molar-refractivity contribution in [2.45, 2.75) is 25.8 Å². The molecule has 0 aliphatic carbocycles. The molecule has 0 heterocycles. The first-order chi connectivity index (χ1) is 5.85. The zero-order valence-electron chi connectivity index (χ0n) is 7.77. The first-order valence-corrected chi connectivity index (χ1v) is 4.20. The minimum atomic E-state index is 0.445. The van der Waals surface area contributed by atoms with E-state index in [2.05, 4.69) is 30.3 Å². The van der Waals surface area contributed by atoms with Crippen LogP contribution >= 0.6 is 0 Å². The highest BCUT2D eigenvalue weighted by atomic mass is 14.9. The maximum atomic E-state index is 3.70. The molecular formula is C11H17N. The van der Waals surface area contributed by atoms with Crippen LogP contribution in [0, 0.1) is 11.8 Å². The second-order valence-corrected chi connectivity index (χ2v) is 2.55. The molecule has 12 heavy (non-hydrogen) atoms. The normalized spacial score (nSPS) is 8.83. The van der Waals surface area contributed by atoms with Crippen LogP contribution in [0.25, 0.3) is 0 Å². The standard InChI is InChI=1S/C11H17N/c1-4-7-10-12-11(8-5-2)9-6-3/h5-6,11-12H,2-3,8-10H2,1H3. The lowest BCUT2D eigenvalue weighted by molar-refractivity contribution is 0.556. The van der Waals surface area contributed by atoms with E-state index < -0.39 is 0 Å². The Morgan fingerprint density at radius 1 is 1.33 bits per heavy atom. The zero-order valence-corrected chi connectivity index (χ0v) is 7.77. The zero-order chi connectivity index (χ0) is 9.23. The molecule has 0 saturated carbocycles. The number of hydrogen-bond acceptors (Lipinski definition) is 1. The van der Waals surface area contributed by atoms with E-state index in [1.807, 2.05) is 19.1 Å². The monoisotopic (exact) mass is 163 g/mol. The Labute approximate surface area is 75.6 Å². The van der Waals surface area contributed by atoms with Gasteiger partial charge in [-0.3, -0.25) is 0 Å². The van der Waals surface area contributed by atoms with Gasteiger partial charge in [0.15, 0.2) is 0 Å². The molecule has 0 bridgehead atoms. The van der Waals surface area contributed by atoms with E-state index in [0.29, 0.717) is 6.04 Å². The van der Waals surface area contributed by atoms with Crippen molar-refractivity contribution in [3.05, 3.63) is 25.3 Å². The fourth-order valence-electron chi connectivity index (χ4n) is 0.949. The summed E-state index contributed by atoms with van der Waals surface area (Å²) in [5, 5.41) is 3.31. The Balaban J connectivity index is 3.66. The summed E-state index contributed by atoms with van der Waals surface area (Å²) in [6.45, 7) is 10.00. The third kappa shape index (κ3) is 5.76. The van der Waals surface area contributed by atoms with Crippen molar-refractivity contribution in [1.29, 1.82) is 0 Å². The molecule has 0 saturated heterocycles. The predicted octanol–water partition coefficient (Wildman–Crippen LogP) is 2.12. The largest absolute Gasteiger partial charge is 0.303 e. The first-order valence-electron chi connectivity index (χ1n) is 4.20. The van der Waals surface area contributed by atoms with Gasteiger partial charge in [-0.15, -0.1) is 19.1 Å². The molecule has 0 aliphatic rings. The summed E-state index contributed by atoms with van der Waals surface area (Å²) in [6.07, 6.45) is 5.77. The van der Waals surface area contributed by atoms with Gasteiger partial charge in [-0.05, 0) is 19.8 Å². The molecule has 0 aliphatic heterocycles. The summed E-state index contributed by atoms with van der Waals surface area (Å²) in [5.41, 5.74) is 0. The Bertz CT molecular complexity index is 173. The maximum absolute atomic E-state index is 3.70. The quantitative estimate of drug-likeness (QED) is 0.467. The van der Waals surface area contributed by atoms with Crippen LogP contribution in [0.4, 0.5) is 0 Å². The van der Waals surface area contributed by atoms with Gasteiger partial charge in [-0.1, -0.05) is 18.1 Å². The van der Waals surface area contributed by atoms with Gasteiger partial charge >= 0.3 is 0 Å². The molecule has 0 aromatic carbocycles. The Morgan fingerprint density at radius 3 is 2.33 bits per heavy atom. The van der Waals surface area contributed by atoms with E-state index in [1.165, 1.54) is 0 Å². The van der Waals surface area contributed by atoms with Crippen LogP contribution in [-0.4, -0.2) is 12.6 Å². The average molecular weight is 163 g/mol. The van der Waals surface area contributed by atoms with Crippen molar-refractivity contribution in [3.63, 3.8) is 0 Å². The Morgan fingerprint density at radius 2 is 1.92 bits per heavy atom. The summed E-state index contributed by atoms with van der Waals surface area (Å²) in [6, 6.07) is 0.445. The van der Waals surface area contributed by atoms with Gasteiger partial charge in [-0.25, -0.2) is 0 Å². The van der Waals surface area contributed by atoms with Crippen LogP contribution in [0.3, 0.4) is 0 Å². The summed E-state index contributed by atoms with van der Waals surface area (Å²) in [7, 11) is 0. The lowest BCUT2D eigenvalue weighted by Gasteiger charge is -2.12. The first kappa shape index (κ1) is 11.0. The van der Waals surface area contributed by atoms with Gasteiger partial charge in [0, 0.05) is 6.04 Å². The molecular weight excluding hydrogens is 146 g/mol. The lowest BCUT2D eigenvalue weighted by atomic mass is 10.1. The molecule has 66 valence electrons. The third-order valence-corrected chi connectivity index (χ3v) is 1.56. The SMILES string of the molecule is C=CCC(CC=C)NCC#CC. The number of nitrogens with one attached hydrogen (secondary N) is 1. The summed E-state index contributed by atoms with van der Waals surface area (Å²) in [4.78, 5) is 0. The molecule has 0 aromatic heterocycles. The van der Waals surface area contributed by atoms with E-state index in [1.54, 1.807) is 0 Å². The molecule has 0 radical (unpaired) electrons. The highest BCUT2D eigenvalue weighted by Crippen LogP contribution is 1.98. The fourth-order valence-corrected chi connectivity index (χ4v) is 0.949. The van der Waals surface area contributed by atoms with Crippen LogP contribution in [-0.2, 0) is 0 Å². The predicted molar refractivity (Wildman–Crippen MR) is 54.9 cm³/mol. The molecule has 0 fully saturated rings. The number of hydrogen-bond donors (Lipinski definition) is 1. The van der Waals surface area contributed by atoms with Crippen molar-refractivity contribution < 1.29 is 0 Å². The van der Waals surface area contributed by atoms with Gasteiger partial charge in [-0.2, -0.15) is 0 Å². The van der Waals surface area contributed by atoms with E-state index in [0.717, 1.165) is 19.4 Å². The minimum absolute atomic E-state index is 0.445. The van der Waals surface area contributed by atoms with E-state index in [-0.39, 0.29) is 0 Å². The van der Waals surface area contributed by atoms with Crippen molar-refractivity contribution in [2.75, 3.05) is 6.54 Å². The average Bonchev–Trinajstić information content (AvgIpc) is 2.06. The van der Waals surface area contributed by atoms with E-state index in [4.69, 9.17) is 0 Å². The van der Waals surface area contributed by atoms with Crippen LogP contribution < -0.4 is 5.32 Å². The molecule has 1 nitrogen and oxygen atoms in total. The van der Waals surface area contributed by atoms with Crippen LogP contribution in [0.1, 0.15) is 19.8 Å². The topological polar surface area (TPSA) is 12.0 Å². The van der Waals surface area contributed by atoms with Gasteiger partial charge in [0.25, 0.3) is 0 Å². The van der Waals surface area contributed by atoms with Gasteiger partial charge in [0.2, 0.25) is 0 Å². The Kier molecular flexibility index (Phi) is 7.42. The van der Waals surface area contributed by atoms with Crippen molar-refractivity contribution in [3.8, 4) is 11.8 Å². The molecule has 0 atom stereocenters. The van der Waals surface area contributed by atoms with Crippen LogP contribution in [0.2, 0.25) is 0 Å². The molecule has 0 aromatic rings. The highest BCUT2D eigenvalue weighted by Gasteiger charge is 2.00. The van der Waals surface area contributed by atoms with Gasteiger partial charge in [0.1, 0.15) is 0 Å². The van der Waals surface area contributed by atoms with E-state index >= 15 is 0 Å². The third-order valence-electron chi connectivity index (χ3n) is 1.56. The second-order valence-electron chi connectivity index (χ2n) is 2.55. The summed E-state index contributed by atoms with van der Waals surface area (Å²) >= 11 is 0. The fraction of sp³-hybridized carbons (Fsp3) is 0.455. The van der Waals surface area contributed by atoms with Crippen LogP contribution in [0.5, 0.6) is 0 Å². The second kappa shape index (κ2) is 8.10. The Hall–Kier alpha value is -1.00.